The minimum atomic E-state index is -0.220. The van der Waals surface area contributed by atoms with Crippen LogP contribution in [0.25, 0.3) is 11.0 Å². The smallest absolute Gasteiger partial charge is 0.0931 e. The van der Waals surface area contributed by atoms with Gasteiger partial charge in [0, 0.05) is 25.3 Å². The maximum absolute atomic E-state index is 8.90. The monoisotopic (exact) mass is 220 g/mol. The summed E-state index contributed by atoms with van der Waals surface area (Å²) in [6, 6.07) is 5.75. The number of aromatic amines is 1. The van der Waals surface area contributed by atoms with Gasteiger partial charge in [-0.05, 0) is 18.2 Å². The van der Waals surface area contributed by atoms with Crippen molar-refractivity contribution in [1.29, 1.82) is 0 Å². The molecule has 4 N–H and O–H groups in total. The van der Waals surface area contributed by atoms with Crippen LogP contribution in [0.3, 0.4) is 0 Å². The van der Waals surface area contributed by atoms with E-state index in [0.717, 1.165) is 16.7 Å². The Labute approximate surface area is 93.9 Å². The lowest BCUT2D eigenvalue weighted by atomic mass is 10.2. The van der Waals surface area contributed by atoms with Crippen LogP contribution in [0.4, 0.5) is 5.69 Å². The van der Waals surface area contributed by atoms with E-state index in [2.05, 4.69) is 9.97 Å². The summed E-state index contributed by atoms with van der Waals surface area (Å²) in [5, 5.41) is 8.90. The average molecular weight is 220 g/mol. The maximum atomic E-state index is 8.90. The van der Waals surface area contributed by atoms with Crippen molar-refractivity contribution in [2.75, 3.05) is 25.1 Å². The number of rotatable bonds is 4. The number of fused-ring (bicyclic) bond motifs is 1. The highest BCUT2D eigenvalue weighted by molar-refractivity contribution is 5.78. The SMILES string of the molecule is CN(CC(N)CO)c1ccc2nc[nH]c2c1. The normalized spacial score (nSPS) is 12.9. The number of aliphatic hydroxyl groups is 1. The summed E-state index contributed by atoms with van der Waals surface area (Å²) in [6.45, 7) is 0.618. The molecule has 0 spiro atoms. The lowest BCUT2D eigenvalue weighted by Gasteiger charge is -2.22. The van der Waals surface area contributed by atoms with Crippen molar-refractivity contribution in [2.45, 2.75) is 6.04 Å². The highest BCUT2D eigenvalue weighted by Crippen LogP contribution is 2.18. The summed E-state index contributed by atoms with van der Waals surface area (Å²) < 4.78 is 0. The van der Waals surface area contributed by atoms with E-state index < -0.39 is 0 Å². The number of likely N-dealkylation sites (N-methyl/N-ethyl adjacent to an activating group) is 1. The van der Waals surface area contributed by atoms with Crippen molar-refractivity contribution in [1.82, 2.24) is 9.97 Å². The fourth-order valence-corrected chi connectivity index (χ4v) is 1.68. The summed E-state index contributed by atoms with van der Waals surface area (Å²) in [6.07, 6.45) is 1.67. The van der Waals surface area contributed by atoms with Gasteiger partial charge in [-0.25, -0.2) is 4.98 Å². The van der Waals surface area contributed by atoms with Crippen molar-refractivity contribution in [2.24, 2.45) is 5.73 Å². The van der Waals surface area contributed by atoms with Crippen LogP contribution in [0.15, 0.2) is 24.5 Å². The standard InChI is InChI=1S/C11H16N4O/c1-15(5-8(12)6-16)9-2-3-10-11(4-9)14-7-13-10/h2-4,7-8,16H,5-6,12H2,1H3,(H,13,14). The van der Waals surface area contributed by atoms with Gasteiger partial charge in [-0.15, -0.1) is 0 Å². The van der Waals surface area contributed by atoms with Crippen LogP contribution >= 0.6 is 0 Å². The number of aliphatic hydroxyl groups excluding tert-OH is 1. The van der Waals surface area contributed by atoms with Crippen molar-refractivity contribution in [3.63, 3.8) is 0 Å². The summed E-state index contributed by atoms with van der Waals surface area (Å²) in [4.78, 5) is 9.24. The first-order valence-corrected chi connectivity index (χ1v) is 5.21. The van der Waals surface area contributed by atoms with Crippen LogP contribution in [0, 0.1) is 0 Å². The molecule has 0 saturated carbocycles. The first-order valence-electron chi connectivity index (χ1n) is 5.21. The van der Waals surface area contributed by atoms with Crippen LogP contribution in [0.5, 0.6) is 0 Å². The van der Waals surface area contributed by atoms with Crippen molar-refractivity contribution < 1.29 is 5.11 Å². The van der Waals surface area contributed by atoms with E-state index in [-0.39, 0.29) is 12.6 Å². The van der Waals surface area contributed by atoms with E-state index in [1.807, 2.05) is 30.1 Å². The topological polar surface area (TPSA) is 78.2 Å². The van der Waals surface area contributed by atoms with Crippen LogP contribution < -0.4 is 10.6 Å². The Kier molecular flexibility index (Phi) is 3.07. The number of nitrogens with two attached hydrogens (primary N) is 1. The predicted octanol–water partition coefficient (Wildman–Crippen LogP) is 0.319. The first-order chi connectivity index (χ1) is 7.70. The van der Waals surface area contributed by atoms with Crippen LogP contribution in [0.2, 0.25) is 0 Å². The van der Waals surface area contributed by atoms with Gasteiger partial charge in [-0.2, -0.15) is 0 Å². The fourth-order valence-electron chi connectivity index (χ4n) is 1.68. The summed E-state index contributed by atoms with van der Waals surface area (Å²) in [7, 11) is 1.95. The lowest BCUT2D eigenvalue weighted by Crippen LogP contribution is -2.37. The first kappa shape index (κ1) is 10.9. The molecular weight excluding hydrogens is 204 g/mol. The predicted molar refractivity (Wildman–Crippen MR) is 64.4 cm³/mol. The molecule has 0 amide bonds. The Morgan fingerprint density at radius 2 is 2.38 bits per heavy atom. The molecule has 2 rings (SSSR count). The van der Waals surface area contributed by atoms with E-state index in [4.69, 9.17) is 10.8 Å². The Bertz CT molecular complexity index is 468. The second-order valence-corrected chi connectivity index (χ2v) is 3.93. The molecular formula is C11H16N4O. The molecule has 0 aliphatic rings. The minimum Gasteiger partial charge on any atom is -0.395 e. The minimum absolute atomic E-state index is 0.00333. The molecule has 2 aromatic rings. The molecule has 0 radical (unpaired) electrons. The van der Waals surface area contributed by atoms with Gasteiger partial charge in [-0.3, -0.25) is 0 Å². The van der Waals surface area contributed by atoms with Crippen LogP contribution in [-0.4, -0.2) is 41.3 Å². The van der Waals surface area contributed by atoms with E-state index >= 15 is 0 Å². The van der Waals surface area contributed by atoms with Crippen LogP contribution in [0.1, 0.15) is 0 Å². The second-order valence-electron chi connectivity index (χ2n) is 3.93. The van der Waals surface area contributed by atoms with E-state index in [9.17, 15) is 0 Å². The Morgan fingerprint density at radius 1 is 1.56 bits per heavy atom. The molecule has 0 aliphatic carbocycles. The summed E-state index contributed by atoms with van der Waals surface area (Å²) in [5.41, 5.74) is 8.70. The van der Waals surface area contributed by atoms with Gasteiger partial charge < -0.3 is 20.7 Å². The number of aromatic nitrogens is 2. The molecule has 1 unspecified atom stereocenters. The third kappa shape index (κ3) is 2.15. The number of nitrogens with one attached hydrogen (secondary N) is 1. The lowest BCUT2D eigenvalue weighted by molar-refractivity contribution is 0.267. The Hall–Kier alpha value is -1.59. The van der Waals surface area contributed by atoms with Crippen molar-refractivity contribution >= 4 is 16.7 Å². The average Bonchev–Trinajstić information content (AvgIpc) is 2.75. The molecule has 1 aromatic heterocycles. The molecule has 86 valence electrons. The van der Waals surface area contributed by atoms with Gasteiger partial charge >= 0.3 is 0 Å². The molecule has 0 aliphatic heterocycles. The van der Waals surface area contributed by atoms with Gasteiger partial charge in [0.1, 0.15) is 0 Å². The molecule has 1 atom stereocenters. The summed E-state index contributed by atoms with van der Waals surface area (Å²) in [5.74, 6) is 0. The highest BCUT2D eigenvalue weighted by Gasteiger charge is 2.07. The number of imidazole rings is 1. The number of hydrogen-bond donors (Lipinski definition) is 3. The molecule has 5 heteroatoms. The second kappa shape index (κ2) is 4.51. The maximum Gasteiger partial charge on any atom is 0.0931 e. The van der Waals surface area contributed by atoms with Crippen molar-refractivity contribution in [3.05, 3.63) is 24.5 Å². The van der Waals surface area contributed by atoms with Crippen molar-refractivity contribution in [3.8, 4) is 0 Å². The molecule has 1 aromatic carbocycles. The van der Waals surface area contributed by atoms with Gasteiger partial charge in [0.25, 0.3) is 0 Å². The number of anilines is 1. The van der Waals surface area contributed by atoms with Gasteiger partial charge in [0.15, 0.2) is 0 Å². The van der Waals surface area contributed by atoms with Gasteiger partial charge in [-0.1, -0.05) is 0 Å². The molecule has 0 bridgehead atoms. The number of benzene rings is 1. The zero-order valence-corrected chi connectivity index (χ0v) is 9.22. The van der Waals surface area contributed by atoms with Gasteiger partial charge in [0.05, 0.1) is 24.0 Å². The number of hydrogen-bond acceptors (Lipinski definition) is 4. The third-order valence-electron chi connectivity index (χ3n) is 2.59. The largest absolute Gasteiger partial charge is 0.395 e. The molecule has 1 heterocycles. The zero-order chi connectivity index (χ0) is 11.5. The van der Waals surface area contributed by atoms with E-state index in [1.54, 1.807) is 6.33 Å². The third-order valence-corrected chi connectivity index (χ3v) is 2.59. The van der Waals surface area contributed by atoms with E-state index in [0.29, 0.717) is 6.54 Å². The molecule has 0 saturated heterocycles. The van der Waals surface area contributed by atoms with E-state index in [1.165, 1.54) is 0 Å². The Morgan fingerprint density at radius 3 is 3.12 bits per heavy atom. The Balaban J connectivity index is 2.18. The fraction of sp³-hybridized carbons (Fsp3) is 0.364. The number of nitrogens with zero attached hydrogens (tertiary/aromatic N) is 2. The zero-order valence-electron chi connectivity index (χ0n) is 9.22. The molecule has 5 nitrogen and oxygen atoms in total. The number of H-pyrrole nitrogens is 1. The quantitative estimate of drug-likeness (QED) is 0.693. The molecule has 0 fully saturated rings. The van der Waals surface area contributed by atoms with Crippen LogP contribution in [-0.2, 0) is 0 Å². The highest BCUT2D eigenvalue weighted by atomic mass is 16.3. The summed E-state index contributed by atoms with van der Waals surface area (Å²) >= 11 is 0. The molecule has 16 heavy (non-hydrogen) atoms. The van der Waals surface area contributed by atoms with Gasteiger partial charge in [0.2, 0.25) is 0 Å².